The van der Waals surface area contributed by atoms with E-state index in [1.165, 1.54) is 29.7 Å². The molecule has 1 heteroatoms. The van der Waals surface area contributed by atoms with E-state index in [9.17, 15) is 0 Å². The molecule has 0 fully saturated rings. The average molecular weight is 294 g/mol. The third-order valence-corrected chi connectivity index (χ3v) is 5.60. The van der Waals surface area contributed by atoms with Crippen molar-refractivity contribution in [3.05, 3.63) is 77.9 Å². The van der Waals surface area contributed by atoms with E-state index in [-0.39, 0.29) is 0 Å². The largest absolute Gasteiger partial charge is 0.122 e. The lowest BCUT2D eigenvalue weighted by Gasteiger charge is -2.30. The van der Waals surface area contributed by atoms with E-state index in [1.54, 1.807) is 5.57 Å². The summed E-state index contributed by atoms with van der Waals surface area (Å²) in [5.74, 6) is 0.739. The molecule has 0 amide bonds. The van der Waals surface area contributed by atoms with Crippen molar-refractivity contribution in [2.24, 2.45) is 5.92 Å². The van der Waals surface area contributed by atoms with E-state index in [2.05, 4.69) is 73.7 Å². The second kappa shape index (κ2) is 7.00. The quantitative estimate of drug-likeness (QED) is 0.647. The van der Waals surface area contributed by atoms with Crippen molar-refractivity contribution in [2.75, 3.05) is 0 Å². The van der Waals surface area contributed by atoms with E-state index >= 15 is 0 Å². The third kappa shape index (κ3) is 4.01. The van der Waals surface area contributed by atoms with Crippen LogP contribution in [0.1, 0.15) is 25.3 Å². The molecule has 108 valence electrons. The van der Waals surface area contributed by atoms with Gasteiger partial charge in [-0.3, -0.25) is 0 Å². The van der Waals surface area contributed by atoms with Gasteiger partial charge < -0.3 is 0 Å². The Balaban J connectivity index is 1.74. The number of thioether (sulfide) groups is 1. The van der Waals surface area contributed by atoms with Crippen molar-refractivity contribution in [1.29, 1.82) is 0 Å². The van der Waals surface area contributed by atoms with Gasteiger partial charge in [0.2, 0.25) is 0 Å². The molecule has 1 aliphatic rings. The first kappa shape index (κ1) is 14.5. The van der Waals surface area contributed by atoms with Crippen LogP contribution < -0.4 is 0 Å². The first-order chi connectivity index (χ1) is 10.3. The fraction of sp³-hybridized carbons (Fsp3) is 0.300. The highest BCUT2D eigenvalue weighted by atomic mass is 32.2. The van der Waals surface area contributed by atoms with E-state index in [0.29, 0.717) is 5.25 Å². The van der Waals surface area contributed by atoms with Gasteiger partial charge >= 0.3 is 0 Å². The monoisotopic (exact) mass is 294 g/mol. The number of hydrogen-bond acceptors (Lipinski definition) is 1. The molecule has 0 bridgehead atoms. The summed E-state index contributed by atoms with van der Waals surface area (Å²) in [6, 6.07) is 21.8. The Labute approximate surface area is 132 Å². The summed E-state index contributed by atoms with van der Waals surface area (Å²) in [4.78, 5) is 1.40. The van der Waals surface area contributed by atoms with Crippen LogP contribution in [0.15, 0.2) is 77.2 Å². The minimum absolute atomic E-state index is 0.691. The maximum atomic E-state index is 2.43. The fourth-order valence-corrected chi connectivity index (χ4v) is 4.32. The van der Waals surface area contributed by atoms with Crippen LogP contribution in [-0.4, -0.2) is 5.25 Å². The van der Waals surface area contributed by atoms with Crippen LogP contribution in [0.25, 0.3) is 0 Å². The van der Waals surface area contributed by atoms with Gasteiger partial charge in [0.25, 0.3) is 0 Å². The molecule has 0 heterocycles. The summed E-state index contributed by atoms with van der Waals surface area (Å²) in [6.45, 7) is 2.28. The van der Waals surface area contributed by atoms with Crippen LogP contribution in [0, 0.1) is 5.92 Å². The Morgan fingerprint density at radius 3 is 2.33 bits per heavy atom. The lowest BCUT2D eigenvalue weighted by molar-refractivity contribution is 0.477. The SMILES string of the molecule is CC1=CC[C@H](Sc2ccccc2)[C@@H](Cc2ccccc2)C1. The van der Waals surface area contributed by atoms with E-state index < -0.39 is 0 Å². The van der Waals surface area contributed by atoms with Crippen molar-refractivity contribution in [2.45, 2.75) is 36.3 Å². The first-order valence-corrected chi connectivity index (χ1v) is 8.60. The average Bonchev–Trinajstić information content (AvgIpc) is 2.52. The van der Waals surface area contributed by atoms with E-state index in [0.717, 1.165) is 5.92 Å². The van der Waals surface area contributed by atoms with Gasteiger partial charge in [0, 0.05) is 10.1 Å². The molecule has 0 nitrogen and oxygen atoms in total. The van der Waals surface area contributed by atoms with Gasteiger partial charge in [-0.25, -0.2) is 0 Å². The molecule has 0 unspecified atom stereocenters. The molecule has 3 rings (SSSR count). The smallest absolute Gasteiger partial charge is 0.0163 e. The molecule has 2 aromatic rings. The summed E-state index contributed by atoms with van der Waals surface area (Å²) in [5, 5.41) is 0.691. The van der Waals surface area contributed by atoms with Crippen molar-refractivity contribution >= 4 is 11.8 Å². The van der Waals surface area contributed by atoms with Crippen LogP contribution in [0.3, 0.4) is 0 Å². The molecule has 0 spiro atoms. The lowest BCUT2D eigenvalue weighted by atomic mass is 9.84. The lowest BCUT2D eigenvalue weighted by Crippen LogP contribution is -2.23. The van der Waals surface area contributed by atoms with Crippen molar-refractivity contribution < 1.29 is 0 Å². The Kier molecular flexibility index (Phi) is 4.82. The van der Waals surface area contributed by atoms with Crippen LogP contribution in [0.5, 0.6) is 0 Å². The summed E-state index contributed by atoms with van der Waals surface area (Å²) < 4.78 is 0. The molecule has 0 radical (unpaired) electrons. The van der Waals surface area contributed by atoms with Crippen LogP contribution >= 0.6 is 11.8 Å². The van der Waals surface area contributed by atoms with Gasteiger partial charge in [-0.15, -0.1) is 11.8 Å². The standard InChI is InChI=1S/C20H22S/c1-16-12-13-20(21-19-10-6-3-7-11-19)18(14-16)15-17-8-4-2-5-9-17/h2-12,18,20H,13-15H2,1H3/t18-,20+/m1/s1. The zero-order valence-electron chi connectivity index (χ0n) is 12.5. The normalized spacial score (nSPS) is 21.9. The van der Waals surface area contributed by atoms with Gasteiger partial charge in [-0.1, -0.05) is 60.2 Å². The Bertz CT molecular complexity index is 586. The summed E-state index contributed by atoms with van der Waals surface area (Å²) in [6.07, 6.45) is 6.06. The Morgan fingerprint density at radius 2 is 1.62 bits per heavy atom. The third-order valence-electron chi connectivity index (χ3n) is 4.18. The predicted molar refractivity (Wildman–Crippen MR) is 92.7 cm³/mol. The molecule has 21 heavy (non-hydrogen) atoms. The summed E-state index contributed by atoms with van der Waals surface area (Å²) in [7, 11) is 0. The molecule has 0 N–H and O–H groups in total. The number of allylic oxidation sites excluding steroid dienone is 2. The summed E-state index contributed by atoms with van der Waals surface area (Å²) >= 11 is 2.05. The van der Waals surface area contributed by atoms with Gasteiger partial charge in [-0.05, 0) is 49.8 Å². The molecule has 0 saturated heterocycles. The van der Waals surface area contributed by atoms with E-state index in [4.69, 9.17) is 0 Å². The molecule has 0 saturated carbocycles. The van der Waals surface area contributed by atoms with E-state index in [1.807, 2.05) is 11.8 Å². The minimum atomic E-state index is 0.691. The molecule has 0 aromatic heterocycles. The number of benzene rings is 2. The molecule has 2 atom stereocenters. The maximum Gasteiger partial charge on any atom is 0.0163 e. The molecule has 1 aliphatic carbocycles. The van der Waals surface area contributed by atoms with Gasteiger partial charge in [0.1, 0.15) is 0 Å². The number of hydrogen-bond donors (Lipinski definition) is 0. The topological polar surface area (TPSA) is 0 Å². The van der Waals surface area contributed by atoms with Crippen LogP contribution in [-0.2, 0) is 6.42 Å². The van der Waals surface area contributed by atoms with Crippen molar-refractivity contribution in [1.82, 2.24) is 0 Å². The first-order valence-electron chi connectivity index (χ1n) is 7.72. The van der Waals surface area contributed by atoms with Gasteiger partial charge in [0.05, 0.1) is 0 Å². The highest BCUT2D eigenvalue weighted by Gasteiger charge is 2.25. The molecular weight excluding hydrogens is 272 g/mol. The maximum absolute atomic E-state index is 2.43. The second-order valence-corrected chi connectivity index (χ2v) is 7.22. The second-order valence-electron chi connectivity index (χ2n) is 5.91. The zero-order valence-corrected chi connectivity index (χ0v) is 13.4. The van der Waals surface area contributed by atoms with Crippen LogP contribution in [0.4, 0.5) is 0 Å². The molecule has 2 aromatic carbocycles. The van der Waals surface area contributed by atoms with Crippen molar-refractivity contribution in [3.8, 4) is 0 Å². The number of rotatable bonds is 4. The fourth-order valence-electron chi connectivity index (χ4n) is 3.08. The predicted octanol–water partition coefficient (Wildman–Crippen LogP) is 5.75. The Hall–Kier alpha value is -1.47. The highest BCUT2D eigenvalue weighted by Crippen LogP contribution is 2.38. The van der Waals surface area contributed by atoms with Gasteiger partial charge in [0.15, 0.2) is 0 Å². The van der Waals surface area contributed by atoms with Gasteiger partial charge in [-0.2, -0.15) is 0 Å². The highest BCUT2D eigenvalue weighted by molar-refractivity contribution is 8.00. The zero-order chi connectivity index (χ0) is 14.5. The molecular formula is C20H22S. The Morgan fingerprint density at radius 1 is 0.952 bits per heavy atom. The molecule has 0 aliphatic heterocycles. The summed E-state index contributed by atoms with van der Waals surface area (Å²) in [5.41, 5.74) is 3.02. The van der Waals surface area contributed by atoms with Crippen molar-refractivity contribution in [3.63, 3.8) is 0 Å². The van der Waals surface area contributed by atoms with Crippen LogP contribution in [0.2, 0.25) is 0 Å². The minimum Gasteiger partial charge on any atom is -0.122 e.